The van der Waals surface area contributed by atoms with Gasteiger partial charge in [-0.1, -0.05) is 0 Å². The zero-order valence-electron chi connectivity index (χ0n) is 6.24. The lowest BCUT2D eigenvalue weighted by Gasteiger charge is -1.97. The lowest BCUT2D eigenvalue weighted by molar-refractivity contribution is 1.03. The molecule has 1 heterocycles. The molecular weight excluding hydrogens is 156 g/mol. The highest BCUT2D eigenvalue weighted by Crippen LogP contribution is 2.05. The lowest BCUT2D eigenvalue weighted by atomic mass is 10.2. The van der Waals surface area contributed by atoms with Crippen LogP contribution in [0.15, 0.2) is 23.5 Å². The fourth-order valence-corrected chi connectivity index (χ4v) is 0.844. The lowest BCUT2D eigenvalue weighted by Crippen LogP contribution is -1.87. The number of aromatic nitrogens is 1. The highest BCUT2D eigenvalue weighted by Gasteiger charge is 1.93. The second kappa shape index (κ2) is 3.96. The van der Waals surface area contributed by atoms with E-state index in [1.54, 1.807) is 12.4 Å². The van der Waals surface area contributed by atoms with Gasteiger partial charge in [-0.25, -0.2) is 4.99 Å². The number of nitrogens with zero attached hydrogens (tertiary/aromatic N) is 2. The van der Waals surface area contributed by atoms with E-state index in [4.69, 9.17) is 0 Å². The molecule has 0 unspecified atom stereocenters. The zero-order chi connectivity index (χ0) is 8.10. The Labute approximate surface area is 71.0 Å². The van der Waals surface area contributed by atoms with Crippen LogP contribution >= 0.6 is 12.2 Å². The van der Waals surface area contributed by atoms with Crippen LogP contribution in [-0.2, 0) is 6.54 Å². The predicted octanol–water partition coefficient (Wildman–Crippen LogP) is 1.99. The van der Waals surface area contributed by atoms with Crippen LogP contribution in [-0.4, -0.2) is 10.1 Å². The average Bonchev–Trinajstić information content (AvgIpc) is 2.03. The molecule has 0 amide bonds. The Morgan fingerprint density at radius 2 is 2.55 bits per heavy atom. The van der Waals surface area contributed by atoms with Gasteiger partial charge in [0, 0.05) is 12.4 Å². The standard InChI is InChI=1S/C8H8N2S/c1-7-2-3-9-4-8(7)5-10-6-11/h2-4H,5H2,1H3. The fourth-order valence-electron chi connectivity index (χ4n) is 0.780. The van der Waals surface area contributed by atoms with E-state index in [-0.39, 0.29) is 0 Å². The minimum absolute atomic E-state index is 0.586. The second-order valence-electron chi connectivity index (χ2n) is 2.21. The Balaban J connectivity index is 2.85. The molecule has 56 valence electrons. The van der Waals surface area contributed by atoms with Gasteiger partial charge in [-0.2, -0.15) is 0 Å². The Morgan fingerprint density at radius 3 is 3.18 bits per heavy atom. The summed E-state index contributed by atoms with van der Waals surface area (Å²) in [6.07, 6.45) is 3.56. The molecule has 2 nitrogen and oxygen atoms in total. The molecule has 0 aromatic carbocycles. The molecule has 0 radical (unpaired) electrons. The van der Waals surface area contributed by atoms with E-state index < -0.39 is 0 Å². The number of aliphatic imine (C=N–C) groups is 1. The molecule has 11 heavy (non-hydrogen) atoms. The van der Waals surface area contributed by atoms with Crippen molar-refractivity contribution in [3.05, 3.63) is 29.6 Å². The van der Waals surface area contributed by atoms with Crippen LogP contribution in [0.5, 0.6) is 0 Å². The Morgan fingerprint density at radius 1 is 1.73 bits per heavy atom. The third-order valence-corrected chi connectivity index (χ3v) is 1.59. The maximum absolute atomic E-state index is 4.46. The van der Waals surface area contributed by atoms with E-state index in [9.17, 15) is 0 Å². The molecule has 0 aliphatic heterocycles. The Hall–Kier alpha value is -1.05. The van der Waals surface area contributed by atoms with Gasteiger partial charge in [-0.05, 0) is 36.3 Å². The van der Waals surface area contributed by atoms with E-state index in [0.29, 0.717) is 6.54 Å². The van der Waals surface area contributed by atoms with Gasteiger partial charge in [0.15, 0.2) is 0 Å². The van der Waals surface area contributed by atoms with Crippen molar-refractivity contribution in [3.63, 3.8) is 0 Å². The molecule has 0 saturated carbocycles. The molecular formula is C8H8N2S. The molecule has 1 rings (SSSR count). The van der Waals surface area contributed by atoms with Crippen molar-refractivity contribution in [3.8, 4) is 0 Å². The second-order valence-corrected chi connectivity index (χ2v) is 2.39. The van der Waals surface area contributed by atoms with Gasteiger partial charge >= 0.3 is 0 Å². The van der Waals surface area contributed by atoms with Crippen molar-refractivity contribution in [1.29, 1.82) is 0 Å². The van der Waals surface area contributed by atoms with Crippen molar-refractivity contribution in [2.24, 2.45) is 4.99 Å². The number of rotatable bonds is 2. The number of thiocarbonyl (C=S) groups is 1. The molecule has 0 bridgehead atoms. The summed E-state index contributed by atoms with van der Waals surface area (Å²) < 4.78 is 0. The topological polar surface area (TPSA) is 25.2 Å². The van der Waals surface area contributed by atoms with Gasteiger partial charge in [-0.3, -0.25) is 4.98 Å². The number of aryl methyl sites for hydroxylation is 1. The van der Waals surface area contributed by atoms with Crippen LogP contribution in [0.2, 0.25) is 0 Å². The number of pyridine rings is 1. The average molecular weight is 164 g/mol. The first kappa shape index (κ1) is 8.05. The maximum Gasteiger partial charge on any atom is 0.0760 e. The number of hydrogen-bond donors (Lipinski definition) is 0. The minimum atomic E-state index is 0.586. The molecule has 0 fully saturated rings. The Bertz CT molecular complexity index is 290. The summed E-state index contributed by atoms with van der Waals surface area (Å²) in [6.45, 7) is 2.61. The molecule has 3 heteroatoms. The van der Waals surface area contributed by atoms with Gasteiger partial charge in [-0.15, -0.1) is 0 Å². The number of isothiocyanates is 1. The molecule has 1 aromatic rings. The largest absolute Gasteiger partial charge is 0.264 e. The van der Waals surface area contributed by atoms with Crippen LogP contribution in [0.25, 0.3) is 0 Å². The summed E-state index contributed by atoms with van der Waals surface area (Å²) in [4.78, 5) is 7.80. The first-order chi connectivity index (χ1) is 5.34. The first-order valence-electron chi connectivity index (χ1n) is 3.27. The summed E-state index contributed by atoms with van der Waals surface area (Å²) in [5.74, 6) is 0. The molecule has 0 atom stereocenters. The molecule has 0 aliphatic rings. The molecule has 1 aromatic heterocycles. The highest BCUT2D eigenvalue weighted by atomic mass is 32.1. The van der Waals surface area contributed by atoms with E-state index in [1.807, 2.05) is 13.0 Å². The van der Waals surface area contributed by atoms with Gasteiger partial charge in [0.05, 0.1) is 11.7 Å². The third-order valence-electron chi connectivity index (χ3n) is 1.46. The predicted molar refractivity (Wildman–Crippen MR) is 47.7 cm³/mol. The Kier molecular flexibility index (Phi) is 2.90. The molecule has 0 N–H and O–H groups in total. The van der Waals surface area contributed by atoms with Crippen LogP contribution in [0.3, 0.4) is 0 Å². The van der Waals surface area contributed by atoms with Crippen LogP contribution in [0.4, 0.5) is 0 Å². The quantitative estimate of drug-likeness (QED) is 0.493. The van der Waals surface area contributed by atoms with E-state index in [1.165, 1.54) is 5.56 Å². The highest BCUT2D eigenvalue weighted by molar-refractivity contribution is 7.78. The third kappa shape index (κ3) is 2.22. The summed E-state index contributed by atoms with van der Waals surface area (Å²) in [6, 6.07) is 1.95. The minimum Gasteiger partial charge on any atom is -0.264 e. The van der Waals surface area contributed by atoms with Crippen LogP contribution in [0, 0.1) is 6.92 Å². The van der Waals surface area contributed by atoms with Gasteiger partial charge in [0.25, 0.3) is 0 Å². The number of hydrogen-bond acceptors (Lipinski definition) is 3. The summed E-state index contributed by atoms with van der Waals surface area (Å²) in [5, 5.41) is 2.32. The summed E-state index contributed by atoms with van der Waals surface area (Å²) in [5.41, 5.74) is 2.29. The van der Waals surface area contributed by atoms with Crippen molar-refractivity contribution < 1.29 is 0 Å². The van der Waals surface area contributed by atoms with Crippen molar-refractivity contribution in [2.75, 3.05) is 0 Å². The van der Waals surface area contributed by atoms with Crippen molar-refractivity contribution in [2.45, 2.75) is 13.5 Å². The van der Waals surface area contributed by atoms with Crippen LogP contribution in [0.1, 0.15) is 11.1 Å². The molecule has 0 spiro atoms. The van der Waals surface area contributed by atoms with E-state index in [2.05, 4.69) is 27.4 Å². The van der Waals surface area contributed by atoms with E-state index >= 15 is 0 Å². The normalized spacial score (nSPS) is 8.82. The van der Waals surface area contributed by atoms with Crippen molar-refractivity contribution >= 4 is 17.4 Å². The van der Waals surface area contributed by atoms with E-state index in [0.717, 1.165) is 5.56 Å². The summed E-state index contributed by atoms with van der Waals surface area (Å²) >= 11 is 4.46. The SMILES string of the molecule is Cc1ccncc1CN=C=S. The fraction of sp³-hybridized carbons (Fsp3) is 0.250. The summed E-state index contributed by atoms with van der Waals surface area (Å²) in [7, 11) is 0. The zero-order valence-corrected chi connectivity index (χ0v) is 7.06. The first-order valence-corrected chi connectivity index (χ1v) is 3.68. The molecule has 0 saturated heterocycles. The molecule has 0 aliphatic carbocycles. The monoisotopic (exact) mass is 164 g/mol. The van der Waals surface area contributed by atoms with Gasteiger partial charge in [0.2, 0.25) is 0 Å². The van der Waals surface area contributed by atoms with Crippen molar-refractivity contribution in [1.82, 2.24) is 4.98 Å². The smallest absolute Gasteiger partial charge is 0.0760 e. The van der Waals surface area contributed by atoms with Crippen LogP contribution < -0.4 is 0 Å². The van der Waals surface area contributed by atoms with Gasteiger partial charge < -0.3 is 0 Å². The maximum atomic E-state index is 4.46. The van der Waals surface area contributed by atoms with Gasteiger partial charge in [0.1, 0.15) is 0 Å².